The summed E-state index contributed by atoms with van der Waals surface area (Å²) in [4.78, 5) is 37.0. The zero-order chi connectivity index (χ0) is 19.4. The molecule has 1 heterocycles. The highest BCUT2D eigenvalue weighted by molar-refractivity contribution is 5.95. The van der Waals surface area contributed by atoms with Crippen molar-refractivity contribution in [1.82, 2.24) is 10.2 Å². The quantitative estimate of drug-likeness (QED) is 0.604. The van der Waals surface area contributed by atoms with Crippen LogP contribution >= 0.6 is 0 Å². The van der Waals surface area contributed by atoms with Gasteiger partial charge in [0.15, 0.2) is 6.10 Å². The van der Waals surface area contributed by atoms with E-state index >= 15 is 0 Å². The van der Waals surface area contributed by atoms with Gasteiger partial charge in [0.05, 0.1) is 11.0 Å². The molecule has 1 saturated heterocycles. The molecule has 0 bridgehead atoms. The lowest BCUT2D eigenvalue weighted by Crippen LogP contribution is -2.52. The molecule has 2 atom stereocenters. The van der Waals surface area contributed by atoms with E-state index in [0.717, 1.165) is 25.7 Å². The van der Waals surface area contributed by atoms with Crippen LogP contribution in [0.15, 0.2) is 24.3 Å². The first-order valence-electron chi connectivity index (χ1n) is 9.51. The minimum atomic E-state index is -1.27. The van der Waals surface area contributed by atoms with Crippen LogP contribution in [0.1, 0.15) is 55.3 Å². The number of aliphatic hydroxyl groups is 1. The minimum Gasteiger partial charge on any atom is -0.381 e. The molecule has 0 spiro atoms. The number of nitrogens with one attached hydrogen (secondary N) is 1. The Morgan fingerprint density at radius 2 is 1.78 bits per heavy atom. The first-order valence-corrected chi connectivity index (χ1v) is 9.51. The van der Waals surface area contributed by atoms with E-state index in [4.69, 9.17) is 0 Å². The second kappa shape index (κ2) is 8.47. The van der Waals surface area contributed by atoms with Gasteiger partial charge in [-0.05, 0) is 37.8 Å². The van der Waals surface area contributed by atoms with Crippen LogP contribution in [-0.4, -0.2) is 51.5 Å². The van der Waals surface area contributed by atoms with Crippen molar-refractivity contribution in [1.29, 1.82) is 0 Å². The summed E-state index contributed by atoms with van der Waals surface area (Å²) in [5.41, 5.74) is 0.226. The number of likely N-dealkylation sites (tertiary alicyclic amines) is 1. The second-order valence-corrected chi connectivity index (χ2v) is 7.30. The molecule has 1 aliphatic heterocycles. The number of carbonyl (C=O) groups excluding carboxylic acids is 2. The topological polar surface area (TPSA) is 113 Å². The number of amides is 2. The summed E-state index contributed by atoms with van der Waals surface area (Å²) in [6.07, 6.45) is 5.18. The first-order chi connectivity index (χ1) is 13.0. The third-order valence-electron chi connectivity index (χ3n) is 5.47. The normalized spacial score (nSPS) is 21.7. The van der Waals surface area contributed by atoms with Crippen LogP contribution in [0.4, 0.5) is 5.69 Å². The fourth-order valence-corrected chi connectivity index (χ4v) is 3.97. The monoisotopic (exact) mass is 375 g/mol. The average Bonchev–Trinajstić information content (AvgIpc) is 3.17. The van der Waals surface area contributed by atoms with Crippen LogP contribution in [-0.2, 0) is 4.79 Å². The molecule has 146 valence electrons. The summed E-state index contributed by atoms with van der Waals surface area (Å²) in [6, 6.07) is 4.90. The Balaban J connectivity index is 1.65. The number of nitrogens with zero attached hydrogens (tertiary/aromatic N) is 2. The van der Waals surface area contributed by atoms with Gasteiger partial charge in [-0.25, -0.2) is 0 Å². The van der Waals surface area contributed by atoms with Gasteiger partial charge in [-0.2, -0.15) is 0 Å². The van der Waals surface area contributed by atoms with E-state index in [2.05, 4.69) is 5.32 Å². The fraction of sp³-hybridized carbons (Fsp3) is 0.579. The molecule has 1 aliphatic carbocycles. The molecule has 2 aliphatic rings. The number of benzene rings is 1. The van der Waals surface area contributed by atoms with E-state index < -0.39 is 23.0 Å². The van der Waals surface area contributed by atoms with Crippen molar-refractivity contribution in [3.8, 4) is 0 Å². The Bertz CT molecular complexity index is 700. The van der Waals surface area contributed by atoms with E-state index in [1.165, 1.54) is 35.6 Å². The molecule has 0 aromatic heterocycles. The molecule has 27 heavy (non-hydrogen) atoms. The fourth-order valence-electron chi connectivity index (χ4n) is 3.97. The summed E-state index contributed by atoms with van der Waals surface area (Å²) in [6.45, 7) is 0.453. The van der Waals surface area contributed by atoms with Crippen LogP contribution in [0.5, 0.6) is 0 Å². The Labute approximate surface area is 157 Å². The van der Waals surface area contributed by atoms with Crippen molar-refractivity contribution in [3.63, 3.8) is 0 Å². The predicted octanol–water partition coefficient (Wildman–Crippen LogP) is 2.01. The van der Waals surface area contributed by atoms with Gasteiger partial charge in [0.1, 0.15) is 0 Å². The third kappa shape index (κ3) is 4.44. The van der Waals surface area contributed by atoms with Gasteiger partial charge in [0, 0.05) is 30.3 Å². The number of nitro groups is 1. The van der Waals surface area contributed by atoms with Crippen LogP contribution in [0.2, 0.25) is 0 Å². The summed E-state index contributed by atoms with van der Waals surface area (Å²) in [7, 11) is 0. The standard InChI is InChI=1S/C19H25N3O5/c23-17(18(24)20-14-5-2-1-3-6-14)16-7-4-12-21(16)19(25)13-8-10-15(11-9-13)22(26)27/h8-11,14,16-17,23H,1-7,12H2,(H,20,24)/t16-,17?/m0/s1. The van der Waals surface area contributed by atoms with Crippen molar-refractivity contribution in [2.24, 2.45) is 0 Å². The highest BCUT2D eigenvalue weighted by Gasteiger charge is 2.38. The molecule has 8 heteroatoms. The van der Waals surface area contributed by atoms with E-state index in [0.29, 0.717) is 24.9 Å². The molecular weight excluding hydrogens is 350 g/mol. The van der Waals surface area contributed by atoms with Gasteiger partial charge >= 0.3 is 0 Å². The average molecular weight is 375 g/mol. The second-order valence-electron chi connectivity index (χ2n) is 7.30. The van der Waals surface area contributed by atoms with E-state index in [1.807, 2.05) is 0 Å². The lowest BCUT2D eigenvalue weighted by atomic mass is 9.95. The van der Waals surface area contributed by atoms with Crippen molar-refractivity contribution >= 4 is 17.5 Å². The molecule has 3 rings (SSSR count). The van der Waals surface area contributed by atoms with Gasteiger partial charge in [0.25, 0.3) is 17.5 Å². The van der Waals surface area contributed by atoms with Crippen LogP contribution in [0.25, 0.3) is 0 Å². The molecule has 1 aromatic rings. The molecular formula is C19H25N3O5. The molecule has 0 radical (unpaired) electrons. The van der Waals surface area contributed by atoms with Gasteiger partial charge in [-0.3, -0.25) is 19.7 Å². The molecule has 2 fully saturated rings. The lowest BCUT2D eigenvalue weighted by Gasteiger charge is -2.30. The largest absolute Gasteiger partial charge is 0.381 e. The molecule has 1 saturated carbocycles. The first kappa shape index (κ1) is 19.3. The van der Waals surface area contributed by atoms with Gasteiger partial charge in [-0.15, -0.1) is 0 Å². The predicted molar refractivity (Wildman–Crippen MR) is 98.2 cm³/mol. The minimum absolute atomic E-state index is 0.0867. The van der Waals surface area contributed by atoms with Gasteiger partial charge in [0.2, 0.25) is 0 Å². The van der Waals surface area contributed by atoms with Crippen molar-refractivity contribution in [2.45, 2.75) is 63.1 Å². The number of non-ortho nitro benzene ring substituents is 1. The lowest BCUT2D eigenvalue weighted by molar-refractivity contribution is -0.384. The number of hydrogen-bond donors (Lipinski definition) is 2. The Hall–Kier alpha value is -2.48. The maximum atomic E-state index is 12.8. The number of hydrogen-bond acceptors (Lipinski definition) is 5. The molecule has 8 nitrogen and oxygen atoms in total. The smallest absolute Gasteiger partial charge is 0.269 e. The Morgan fingerprint density at radius 3 is 2.41 bits per heavy atom. The number of nitro benzene ring substituents is 1. The van der Waals surface area contributed by atoms with Crippen LogP contribution in [0, 0.1) is 10.1 Å². The van der Waals surface area contributed by atoms with Gasteiger partial charge < -0.3 is 15.3 Å². The zero-order valence-corrected chi connectivity index (χ0v) is 15.2. The molecule has 2 amide bonds. The summed E-state index contributed by atoms with van der Waals surface area (Å²) >= 11 is 0. The van der Waals surface area contributed by atoms with Crippen molar-refractivity contribution < 1.29 is 19.6 Å². The Morgan fingerprint density at radius 1 is 1.11 bits per heavy atom. The maximum Gasteiger partial charge on any atom is 0.269 e. The van der Waals surface area contributed by atoms with E-state index in [9.17, 15) is 24.8 Å². The number of aliphatic hydroxyl groups excluding tert-OH is 1. The van der Waals surface area contributed by atoms with Crippen molar-refractivity contribution in [3.05, 3.63) is 39.9 Å². The van der Waals surface area contributed by atoms with E-state index in [1.54, 1.807) is 0 Å². The Kier molecular flexibility index (Phi) is 6.05. The number of rotatable bonds is 5. The highest BCUT2D eigenvalue weighted by atomic mass is 16.6. The van der Waals surface area contributed by atoms with Crippen molar-refractivity contribution in [2.75, 3.05) is 6.54 Å². The zero-order valence-electron chi connectivity index (χ0n) is 15.2. The van der Waals surface area contributed by atoms with E-state index in [-0.39, 0.29) is 17.6 Å². The summed E-state index contributed by atoms with van der Waals surface area (Å²) in [5.74, 6) is -0.743. The van der Waals surface area contributed by atoms with Crippen LogP contribution < -0.4 is 5.32 Å². The SMILES string of the molecule is O=C(NC1CCCCC1)C(O)[C@@H]1CCCN1C(=O)c1ccc([N+](=O)[O-])cc1. The molecule has 2 N–H and O–H groups in total. The molecule has 1 aromatic carbocycles. The maximum absolute atomic E-state index is 12.8. The number of carbonyl (C=O) groups is 2. The van der Waals surface area contributed by atoms with Crippen LogP contribution in [0.3, 0.4) is 0 Å². The van der Waals surface area contributed by atoms with Gasteiger partial charge in [-0.1, -0.05) is 19.3 Å². The third-order valence-corrected chi connectivity index (χ3v) is 5.47. The molecule has 1 unspecified atom stereocenters. The summed E-state index contributed by atoms with van der Waals surface area (Å²) in [5, 5.41) is 24.2. The highest BCUT2D eigenvalue weighted by Crippen LogP contribution is 2.24. The summed E-state index contributed by atoms with van der Waals surface area (Å²) < 4.78 is 0.